The van der Waals surface area contributed by atoms with Gasteiger partial charge in [0.15, 0.2) is 17.0 Å². The van der Waals surface area contributed by atoms with Crippen molar-refractivity contribution in [3.05, 3.63) is 36.2 Å². The maximum atomic E-state index is 12.8. The van der Waals surface area contributed by atoms with E-state index >= 15 is 0 Å². The molecule has 1 fully saturated rings. The molecule has 0 spiro atoms. The average molecular weight is 404 g/mol. The van der Waals surface area contributed by atoms with E-state index in [0.717, 1.165) is 25.0 Å². The Kier molecular flexibility index (Phi) is 5.29. The third-order valence-electron chi connectivity index (χ3n) is 5.22. The van der Waals surface area contributed by atoms with Gasteiger partial charge in [-0.2, -0.15) is 23.1 Å². The van der Waals surface area contributed by atoms with Crippen LogP contribution in [0.3, 0.4) is 0 Å². The van der Waals surface area contributed by atoms with Gasteiger partial charge < -0.3 is 15.2 Å². The van der Waals surface area contributed by atoms with E-state index in [1.165, 1.54) is 31.4 Å². The van der Waals surface area contributed by atoms with Gasteiger partial charge in [0.05, 0.1) is 11.9 Å². The summed E-state index contributed by atoms with van der Waals surface area (Å²) in [5, 5.41) is 6.52. The van der Waals surface area contributed by atoms with Gasteiger partial charge in [-0.1, -0.05) is 19.3 Å². The fraction of sp³-hybridized carbons (Fsp3) is 0.450. The lowest BCUT2D eigenvalue weighted by Crippen LogP contribution is -2.23. The van der Waals surface area contributed by atoms with Crippen LogP contribution in [-0.2, 0) is 12.7 Å². The number of hydrogen-bond donors (Lipinski definition) is 2. The lowest BCUT2D eigenvalue weighted by Gasteiger charge is -2.23. The van der Waals surface area contributed by atoms with Crippen LogP contribution in [-0.4, -0.2) is 25.6 Å². The monoisotopic (exact) mass is 404 g/mol. The summed E-state index contributed by atoms with van der Waals surface area (Å²) in [6.07, 6.45) is 3.11. The van der Waals surface area contributed by atoms with Crippen LogP contribution in [0.1, 0.15) is 44.6 Å². The van der Waals surface area contributed by atoms with Gasteiger partial charge in [0, 0.05) is 18.3 Å². The second-order valence-electron chi connectivity index (χ2n) is 7.28. The molecule has 1 aliphatic rings. The number of rotatable bonds is 5. The number of hydrogen-bond acceptors (Lipinski definition) is 5. The van der Waals surface area contributed by atoms with Crippen LogP contribution in [0.25, 0.3) is 11.2 Å². The Morgan fingerprint density at radius 2 is 1.79 bits per heavy atom. The number of nitrogens with zero attached hydrogens (tertiary/aromatic N) is 4. The number of alkyl halides is 3. The molecule has 154 valence electrons. The Balaban J connectivity index is 1.65. The van der Waals surface area contributed by atoms with E-state index in [2.05, 4.69) is 25.6 Å². The Morgan fingerprint density at radius 3 is 2.45 bits per heavy atom. The Bertz CT molecular complexity index is 974. The van der Waals surface area contributed by atoms with E-state index in [1.54, 1.807) is 6.33 Å². The van der Waals surface area contributed by atoms with Gasteiger partial charge in [-0.25, -0.2) is 4.98 Å². The molecule has 1 aliphatic carbocycles. The average Bonchev–Trinajstić information content (AvgIpc) is 3.12. The van der Waals surface area contributed by atoms with Crippen molar-refractivity contribution in [2.75, 3.05) is 10.6 Å². The maximum Gasteiger partial charge on any atom is 0.416 e. The fourth-order valence-electron chi connectivity index (χ4n) is 3.64. The van der Waals surface area contributed by atoms with Crippen LogP contribution in [0.5, 0.6) is 0 Å². The number of aromatic nitrogens is 4. The van der Waals surface area contributed by atoms with Crippen LogP contribution in [0.4, 0.5) is 30.6 Å². The molecule has 6 nitrogen and oxygen atoms in total. The smallest absolute Gasteiger partial charge is 0.351 e. The minimum Gasteiger partial charge on any atom is -0.351 e. The minimum absolute atomic E-state index is 0.332. The molecule has 4 rings (SSSR count). The Labute approximate surface area is 166 Å². The first-order valence-electron chi connectivity index (χ1n) is 9.87. The number of fused-ring (bicyclic) bond motifs is 1. The molecule has 1 saturated carbocycles. The molecule has 0 unspecified atom stereocenters. The van der Waals surface area contributed by atoms with Gasteiger partial charge in [-0.05, 0) is 44.0 Å². The summed E-state index contributed by atoms with van der Waals surface area (Å²) in [6, 6.07) is 5.21. The molecular weight excluding hydrogens is 381 g/mol. The summed E-state index contributed by atoms with van der Waals surface area (Å²) in [5.74, 6) is 0.981. The zero-order valence-electron chi connectivity index (χ0n) is 16.1. The quantitative estimate of drug-likeness (QED) is 0.600. The molecular formula is C20H23F3N6. The number of nitrogens with one attached hydrogen (secondary N) is 2. The number of benzene rings is 1. The molecule has 0 amide bonds. The van der Waals surface area contributed by atoms with Crippen molar-refractivity contribution in [1.29, 1.82) is 0 Å². The lowest BCUT2D eigenvalue weighted by molar-refractivity contribution is -0.137. The zero-order chi connectivity index (χ0) is 20.4. The van der Waals surface area contributed by atoms with E-state index in [1.807, 2.05) is 11.5 Å². The summed E-state index contributed by atoms with van der Waals surface area (Å²) >= 11 is 0. The fourth-order valence-corrected chi connectivity index (χ4v) is 3.64. The molecule has 9 heteroatoms. The van der Waals surface area contributed by atoms with Crippen LogP contribution in [0, 0.1) is 0 Å². The molecule has 2 heterocycles. The topological polar surface area (TPSA) is 67.7 Å². The second-order valence-corrected chi connectivity index (χ2v) is 7.28. The first kappa shape index (κ1) is 19.5. The summed E-state index contributed by atoms with van der Waals surface area (Å²) in [5.41, 5.74) is 1.09. The largest absolute Gasteiger partial charge is 0.416 e. The van der Waals surface area contributed by atoms with Crippen molar-refractivity contribution in [2.45, 2.75) is 57.8 Å². The van der Waals surface area contributed by atoms with Gasteiger partial charge in [-0.3, -0.25) is 0 Å². The number of halogens is 3. The third kappa shape index (κ3) is 4.28. The molecule has 1 aromatic carbocycles. The lowest BCUT2D eigenvalue weighted by atomic mass is 9.96. The van der Waals surface area contributed by atoms with Crippen LogP contribution >= 0.6 is 0 Å². The highest BCUT2D eigenvalue weighted by atomic mass is 19.4. The summed E-state index contributed by atoms with van der Waals surface area (Å²) in [6.45, 7) is 2.70. The zero-order valence-corrected chi connectivity index (χ0v) is 16.1. The van der Waals surface area contributed by atoms with Gasteiger partial charge >= 0.3 is 6.18 Å². The standard InChI is InChI=1S/C20H23F3N6/c1-2-29-12-24-16-17(25-15-10-8-13(9-11-15)20(21,22)23)27-19(28-18(16)29)26-14-6-4-3-5-7-14/h8-12,14H,2-7H2,1H3,(H2,25,26,27,28). The van der Waals surface area contributed by atoms with E-state index in [-0.39, 0.29) is 0 Å². The van der Waals surface area contributed by atoms with E-state index in [4.69, 9.17) is 0 Å². The molecule has 2 N–H and O–H groups in total. The van der Waals surface area contributed by atoms with Crippen LogP contribution in [0.15, 0.2) is 30.6 Å². The van der Waals surface area contributed by atoms with Crippen molar-refractivity contribution in [2.24, 2.45) is 0 Å². The van der Waals surface area contributed by atoms with Gasteiger partial charge in [0.2, 0.25) is 5.95 Å². The van der Waals surface area contributed by atoms with Crippen LogP contribution < -0.4 is 10.6 Å². The molecule has 0 aliphatic heterocycles. The number of imidazole rings is 1. The first-order chi connectivity index (χ1) is 13.9. The Hall–Kier alpha value is -2.84. The van der Waals surface area contributed by atoms with E-state index < -0.39 is 11.7 Å². The molecule has 0 bridgehead atoms. The highest BCUT2D eigenvalue weighted by molar-refractivity contribution is 5.86. The van der Waals surface area contributed by atoms with Crippen molar-refractivity contribution in [3.8, 4) is 0 Å². The summed E-state index contributed by atoms with van der Waals surface area (Å²) in [7, 11) is 0. The SMILES string of the molecule is CCn1cnc2c(Nc3ccc(C(F)(F)F)cc3)nc(NC3CCCCC3)nc21. The summed E-state index contributed by atoms with van der Waals surface area (Å²) in [4.78, 5) is 13.6. The normalized spacial score (nSPS) is 15.6. The third-order valence-corrected chi connectivity index (χ3v) is 5.22. The van der Waals surface area contributed by atoms with Crippen molar-refractivity contribution in [3.63, 3.8) is 0 Å². The molecule has 3 aromatic rings. The molecule has 0 radical (unpaired) electrons. The Morgan fingerprint density at radius 1 is 1.07 bits per heavy atom. The molecule has 29 heavy (non-hydrogen) atoms. The van der Waals surface area contributed by atoms with E-state index in [0.29, 0.717) is 41.2 Å². The highest BCUT2D eigenvalue weighted by Gasteiger charge is 2.30. The molecule has 0 saturated heterocycles. The maximum absolute atomic E-state index is 12.8. The predicted octanol–water partition coefficient (Wildman–Crippen LogP) is 5.35. The molecule has 0 atom stereocenters. The van der Waals surface area contributed by atoms with Gasteiger partial charge in [0.1, 0.15) is 0 Å². The van der Waals surface area contributed by atoms with E-state index in [9.17, 15) is 13.2 Å². The van der Waals surface area contributed by atoms with Crippen molar-refractivity contribution in [1.82, 2.24) is 19.5 Å². The van der Waals surface area contributed by atoms with Crippen molar-refractivity contribution >= 4 is 28.6 Å². The number of anilines is 3. The van der Waals surface area contributed by atoms with Crippen molar-refractivity contribution < 1.29 is 13.2 Å². The predicted molar refractivity (Wildman–Crippen MR) is 106 cm³/mol. The highest BCUT2D eigenvalue weighted by Crippen LogP contribution is 2.31. The van der Waals surface area contributed by atoms with Crippen LogP contribution in [0.2, 0.25) is 0 Å². The minimum atomic E-state index is -4.36. The second kappa shape index (κ2) is 7.88. The van der Waals surface area contributed by atoms with Gasteiger partial charge in [-0.15, -0.1) is 0 Å². The first-order valence-corrected chi connectivity index (χ1v) is 9.87. The van der Waals surface area contributed by atoms with Gasteiger partial charge in [0.25, 0.3) is 0 Å². The molecule has 2 aromatic heterocycles. The number of aryl methyl sites for hydroxylation is 1. The summed E-state index contributed by atoms with van der Waals surface area (Å²) < 4.78 is 40.3.